The molecule has 0 bridgehead atoms. The van der Waals surface area contributed by atoms with Gasteiger partial charge in [-0.25, -0.2) is 0 Å². The van der Waals surface area contributed by atoms with E-state index in [0.29, 0.717) is 0 Å². The SMILES string of the molecule is COC(Cl)C(C)(Cl)CCl. The number of alkyl halides is 3. The maximum atomic E-state index is 5.78. The smallest absolute Gasteiger partial charge is 0.150 e. The molecule has 9 heavy (non-hydrogen) atoms. The zero-order chi connectivity index (χ0) is 7.49. The number of hydrogen-bond acceptors (Lipinski definition) is 1. The van der Waals surface area contributed by atoms with Crippen LogP contribution in [0.25, 0.3) is 0 Å². The van der Waals surface area contributed by atoms with Gasteiger partial charge in [0.15, 0.2) is 5.56 Å². The lowest BCUT2D eigenvalue weighted by atomic mass is 10.2. The molecule has 0 N–H and O–H groups in total. The first-order valence-corrected chi connectivity index (χ1v) is 3.81. The van der Waals surface area contributed by atoms with Crippen molar-refractivity contribution in [3.8, 4) is 0 Å². The zero-order valence-corrected chi connectivity index (χ0v) is 7.59. The molecule has 0 heterocycles. The number of hydrogen-bond donors (Lipinski definition) is 0. The van der Waals surface area contributed by atoms with Gasteiger partial charge in [-0.2, -0.15) is 0 Å². The van der Waals surface area contributed by atoms with E-state index < -0.39 is 10.4 Å². The predicted octanol–water partition coefficient (Wildman–Crippen LogP) is 2.43. The molecule has 1 nitrogen and oxygen atoms in total. The second-order valence-electron chi connectivity index (χ2n) is 1.96. The van der Waals surface area contributed by atoms with Crippen molar-refractivity contribution in [1.82, 2.24) is 0 Å². The van der Waals surface area contributed by atoms with Crippen molar-refractivity contribution in [1.29, 1.82) is 0 Å². The molecule has 0 aliphatic rings. The standard InChI is InChI=1S/C5H9Cl3O/c1-5(8,3-6)4(7)9-2/h4H,3H2,1-2H3. The van der Waals surface area contributed by atoms with Gasteiger partial charge < -0.3 is 4.74 Å². The third-order valence-corrected chi connectivity index (χ3v) is 2.74. The molecule has 0 spiro atoms. The summed E-state index contributed by atoms with van der Waals surface area (Å²) in [5.74, 6) is 0.274. The van der Waals surface area contributed by atoms with Crippen LogP contribution in [0.4, 0.5) is 0 Å². The third-order valence-electron chi connectivity index (χ3n) is 0.941. The van der Waals surface area contributed by atoms with Crippen LogP contribution in [-0.2, 0) is 4.74 Å². The first kappa shape index (κ1) is 9.83. The Hall–Kier alpha value is 0.830. The second kappa shape index (κ2) is 3.87. The predicted molar refractivity (Wildman–Crippen MR) is 41.6 cm³/mol. The highest BCUT2D eigenvalue weighted by molar-refractivity contribution is 6.35. The highest BCUT2D eigenvalue weighted by Crippen LogP contribution is 2.25. The fourth-order valence-electron chi connectivity index (χ4n) is 0.306. The van der Waals surface area contributed by atoms with Gasteiger partial charge in [0.05, 0.1) is 4.87 Å². The Kier molecular flexibility index (Phi) is 4.22. The molecule has 4 heteroatoms. The average Bonchev–Trinajstić information content (AvgIpc) is 1.86. The molecular weight excluding hydrogens is 182 g/mol. The normalized spacial score (nSPS) is 21.0. The van der Waals surface area contributed by atoms with Crippen LogP contribution in [0, 0.1) is 0 Å². The molecule has 0 amide bonds. The summed E-state index contributed by atoms with van der Waals surface area (Å²) in [6.07, 6.45) is 0. The Labute approximate surface area is 70.2 Å². The summed E-state index contributed by atoms with van der Waals surface area (Å²) < 4.78 is 4.75. The molecule has 0 aromatic carbocycles. The fraction of sp³-hybridized carbons (Fsp3) is 1.00. The summed E-state index contributed by atoms with van der Waals surface area (Å²) in [7, 11) is 1.49. The lowest BCUT2D eigenvalue weighted by Gasteiger charge is -2.22. The fourth-order valence-corrected chi connectivity index (χ4v) is 0.692. The van der Waals surface area contributed by atoms with Crippen LogP contribution in [0.15, 0.2) is 0 Å². The Bertz CT molecular complexity index is 84.3. The quantitative estimate of drug-likeness (QED) is 0.623. The summed E-state index contributed by atoms with van der Waals surface area (Å²) in [6, 6.07) is 0. The summed E-state index contributed by atoms with van der Waals surface area (Å²) in [4.78, 5) is -0.669. The van der Waals surface area contributed by atoms with Crippen molar-refractivity contribution in [3.05, 3.63) is 0 Å². The maximum Gasteiger partial charge on any atom is 0.150 e. The molecule has 0 radical (unpaired) electrons. The third kappa shape index (κ3) is 2.94. The van der Waals surface area contributed by atoms with Crippen LogP contribution in [0.3, 0.4) is 0 Å². The van der Waals surface area contributed by atoms with E-state index in [9.17, 15) is 0 Å². The second-order valence-corrected chi connectivity index (χ2v) is 3.49. The molecule has 0 fully saturated rings. The summed E-state index contributed by atoms with van der Waals surface area (Å²) in [5.41, 5.74) is -0.531. The van der Waals surface area contributed by atoms with Gasteiger partial charge in [0, 0.05) is 13.0 Å². The van der Waals surface area contributed by atoms with Gasteiger partial charge in [-0.05, 0) is 6.92 Å². The van der Waals surface area contributed by atoms with Crippen LogP contribution >= 0.6 is 34.8 Å². The van der Waals surface area contributed by atoms with Gasteiger partial charge in [-0.3, -0.25) is 0 Å². The molecule has 0 rings (SSSR count). The summed E-state index contributed by atoms with van der Waals surface area (Å²) in [6.45, 7) is 1.72. The molecule has 56 valence electrons. The molecule has 0 aromatic rings. The van der Waals surface area contributed by atoms with Gasteiger partial charge in [0.25, 0.3) is 0 Å². The van der Waals surface area contributed by atoms with E-state index in [2.05, 4.69) is 0 Å². The highest BCUT2D eigenvalue weighted by atomic mass is 35.5. The minimum Gasteiger partial charge on any atom is -0.364 e. The van der Waals surface area contributed by atoms with Crippen LogP contribution < -0.4 is 0 Å². The molecule has 2 atom stereocenters. The number of halogens is 3. The van der Waals surface area contributed by atoms with Crippen molar-refractivity contribution in [2.45, 2.75) is 17.4 Å². The van der Waals surface area contributed by atoms with E-state index >= 15 is 0 Å². The monoisotopic (exact) mass is 190 g/mol. The molecule has 0 saturated carbocycles. The molecule has 0 aromatic heterocycles. The largest absolute Gasteiger partial charge is 0.364 e. The minimum absolute atomic E-state index is 0.274. The van der Waals surface area contributed by atoms with Crippen LogP contribution in [-0.4, -0.2) is 23.4 Å². The molecule has 0 saturated heterocycles. The van der Waals surface area contributed by atoms with Crippen molar-refractivity contribution in [2.75, 3.05) is 13.0 Å². The van der Waals surface area contributed by atoms with Crippen molar-refractivity contribution >= 4 is 34.8 Å². The molecular formula is C5H9Cl3O. The van der Waals surface area contributed by atoms with Crippen LogP contribution in [0.2, 0.25) is 0 Å². The lowest BCUT2D eigenvalue weighted by molar-refractivity contribution is 0.142. The number of ether oxygens (including phenoxy) is 1. The van der Waals surface area contributed by atoms with E-state index in [0.717, 1.165) is 0 Å². The van der Waals surface area contributed by atoms with Crippen molar-refractivity contribution in [2.24, 2.45) is 0 Å². The van der Waals surface area contributed by atoms with E-state index in [1.165, 1.54) is 7.11 Å². The molecule has 0 aliphatic carbocycles. The van der Waals surface area contributed by atoms with E-state index in [4.69, 9.17) is 39.5 Å². The van der Waals surface area contributed by atoms with E-state index in [-0.39, 0.29) is 5.88 Å². The minimum atomic E-state index is -0.669. The first-order valence-electron chi connectivity index (χ1n) is 2.46. The van der Waals surface area contributed by atoms with E-state index in [1.54, 1.807) is 6.92 Å². The van der Waals surface area contributed by atoms with Crippen LogP contribution in [0.5, 0.6) is 0 Å². The number of rotatable bonds is 3. The van der Waals surface area contributed by atoms with Crippen LogP contribution in [0.1, 0.15) is 6.92 Å². The highest BCUT2D eigenvalue weighted by Gasteiger charge is 2.29. The Morgan fingerprint density at radius 3 is 2.22 bits per heavy atom. The first-order chi connectivity index (χ1) is 4.04. The lowest BCUT2D eigenvalue weighted by Crippen LogP contribution is -2.32. The average molecular weight is 191 g/mol. The van der Waals surface area contributed by atoms with Gasteiger partial charge >= 0.3 is 0 Å². The molecule has 0 aliphatic heterocycles. The summed E-state index contributed by atoms with van der Waals surface area (Å²) >= 11 is 16.9. The molecule has 2 unspecified atom stereocenters. The van der Waals surface area contributed by atoms with Crippen molar-refractivity contribution < 1.29 is 4.74 Å². The zero-order valence-electron chi connectivity index (χ0n) is 5.33. The van der Waals surface area contributed by atoms with Crippen molar-refractivity contribution in [3.63, 3.8) is 0 Å². The maximum absolute atomic E-state index is 5.78. The topological polar surface area (TPSA) is 9.23 Å². The van der Waals surface area contributed by atoms with Gasteiger partial charge in [-0.15, -0.1) is 23.2 Å². The Balaban J connectivity index is 3.80. The Morgan fingerprint density at radius 2 is 2.11 bits per heavy atom. The van der Waals surface area contributed by atoms with Gasteiger partial charge in [0.2, 0.25) is 0 Å². The van der Waals surface area contributed by atoms with E-state index in [1.807, 2.05) is 0 Å². The summed E-state index contributed by atoms with van der Waals surface area (Å²) in [5, 5.41) is 0. The Morgan fingerprint density at radius 1 is 1.67 bits per heavy atom. The van der Waals surface area contributed by atoms with Gasteiger partial charge in [-0.1, -0.05) is 11.6 Å². The number of methoxy groups -OCH3 is 1. The van der Waals surface area contributed by atoms with Gasteiger partial charge in [0.1, 0.15) is 0 Å².